The Labute approximate surface area is 91.5 Å². The van der Waals surface area contributed by atoms with Crippen LogP contribution in [-0.4, -0.2) is 29.1 Å². The molecule has 2 rings (SSSR count). The fourth-order valence-electron chi connectivity index (χ4n) is 2.61. The van der Waals surface area contributed by atoms with Crippen LogP contribution in [0.2, 0.25) is 0 Å². The van der Waals surface area contributed by atoms with Crippen molar-refractivity contribution in [1.29, 1.82) is 0 Å². The Morgan fingerprint density at radius 1 is 1.29 bits per heavy atom. The van der Waals surface area contributed by atoms with E-state index in [4.69, 9.17) is 0 Å². The highest BCUT2D eigenvalue weighted by molar-refractivity contribution is 7.81. The first-order valence-corrected chi connectivity index (χ1v) is 6.23. The smallest absolute Gasteiger partial charge is 0.223 e. The first-order valence-electron chi connectivity index (χ1n) is 5.71. The second-order valence-corrected chi connectivity index (χ2v) is 5.39. The Morgan fingerprint density at radius 3 is 2.57 bits per heavy atom. The SMILES string of the molecule is O=C1CC(S)CN1CC1CCCCC1. The van der Waals surface area contributed by atoms with Crippen molar-refractivity contribution in [2.24, 2.45) is 5.92 Å². The summed E-state index contributed by atoms with van der Waals surface area (Å²) >= 11 is 4.37. The monoisotopic (exact) mass is 213 g/mol. The third kappa shape index (κ3) is 2.44. The molecule has 2 nitrogen and oxygen atoms in total. The summed E-state index contributed by atoms with van der Waals surface area (Å²) in [5.41, 5.74) is 0. The number of hydrogen-bond acceptors (Lipinski definition) is 2. The molecule has 0 aromatic heterocycles. The highest BCUT2D eigenvalue weighted by Crippen LogP contribution is 2.26. The molecule has 0 aromatic rings. The molecule has 0 radical (unpaired) electrons. The molecular weight excluding hydrogens is 194 g/mol. The summed E-state index contributed by atoms with van der Waals surface area (Å²) in [5.74, 6) is 1.09. The zero-order chi connectivity index (χ0) is 9.97. The first kappa shape index (κ1) is 10.3. The van der Waals surface area contributed by atoms with E-state index in [0.717, 1.165) is 19.0 Å². The van der Waals surface area contributed by atoms with E-state index >= 15 is 0 Å². The van der Waals surface area contributed by atoms with E-state index in [-0.39, 0.29) is 5.25 Å². The van der Waals surface area contributed by atoms with Gasteiger partial charge in [-0.25, -0.2) is 0 Å². The summed E-state index contributed by atoms with van der Waals surface area (Å²) in [6.07, 6.45) is 7.39. The Kier molecular flexibility index (Phi) is 3.37. The molecule has 2 fully saturated rings. The minimum Gasteiger partial charge on any atom is -0.341 e. The van der Waals surface area contributed by atoms with Crippen LogP contribution in [0.5, 0.6) is 0 Å². The van der Waals surface area contributed by atoms with E-state index < -0.39 is 0 Å². The van der Waals surface area contributed by atoms with Gasteiger partial charge in [-0.1, -0.05) is 19.3 Å². The highest BCUT2D eigenvalue weighted by atomic mass is 32.1. The number of nitrogens with zero attached hydrogens (tertiary/aromatic N) is 1. The van der Waals surface area contributed by atoms with Crippen molar-refractivity contribution in [1.82, 2.24) is 4.90 Å². The Bertz CT molecular complexity index is 213. The molecular formula is C11H19NOS. The first-order chi connectivity index (χ1) is 6.75. The van der Waals surface area contributed by atoms with Crippen molar-refractivity contribution in [2.45, 2.75) is 43.8 Å². The van der Waals surface area contributed by atoms with Crippen molar-refractivity contribution in [2.75, 3.05) is 13.1 Å². The lowest BCUT2D eigenvalue weighted by molar-refractivity contribution is -0.128. The molecule has 1 aliphatic heterocycles. The Hall–Kier alpha value is -0.180. The van der Waals surface area contributed by atoms with Crippen LogP contribution in [0.15, 0.2) is 0 Å². The summed E-state index contributed by atoms with van der Waals surface area (Å²) in [6.45, 7) is 1.87. The Morgan fingerprint density at radius 2 is 2.00 bits per heavy atom. The van der Waals surface area contributed by atoms with E-state index in [1.54, 1.807) is 0 Å². The number of amides is 1. The topological polar surface area (TPSA) is 20.3 Å². The van der Waals surface area contributed by atoms with Crippen molar-refractivity contribution in [3.8, 4) is 0 Å². The molecule has 1 atom stereocenters. The quantitative estimate of drug-likeness (QED) is 0.697. The second kappa shape index (κ2) is 4.56. The molecule has 14 heavy (non-hydrogen) atoms. The second-order valence-electron chi connectivity index (χ2n) is 4.66. The molecule has 1 saturated heterocycles. The number of carbonyl (C=O) groups is 1. The maximum atomic E-state index is 11.5. The van der Waals surface area contributed by atoms with Crippen LogP contribution in [0.25, 0.3) is 0 Å². The van der Waals surface area contributed by atoms with Crippen LogP contribution >= 0.6 is 12.6 Å². The van der Waals surface area contributed by atoms with Crippen molar-refractivity contribution >= 4 is 18.5 Å². The van der Waals surface area contributed by atoms with Crippen LogP contribution < -0.4 is 0 Å². The van der Waals surface area contributed by atoms with Gasteiger partial charge in [0.15, 0.2) is 0 Å². The summed E-state index contributed by atoms with van der Waals surface area (Å²) in [7, 11) is 0. The third-order valence-corrected chi connectivity index (χ3v) is 3.74. The fourth-order valence-corrected chi connectivity index (χ4v) is 2.96. The van der Waals surface area contributed by atoms with Crippen LogP contribution in [0.4, 0.5) is 0 Å². The van der Waals surface area contributed by atoms with Gasteiger partial charge < -0.3 is 4.90 Å². The van der Waals surface area contributed by atoms with Gasteiger partial charge >= 0.3 is 0 Å². The van der Waals surface area contributed by atoms with Gasteiger partial charge in [0.1, 0.15) is 0 Å². The van der Waals surface area contributed by atoms with E-state index in [1.165, 1.54) is 32.1 Å². The average molecular weight is 213 g/mol. The standard InChI is InChI=1S/C11H19NOS/c13-11-6-10(14)8-12(11)7-9-4-2-1-3-5-9/h9-10,14H,1-8H2. The highest BCUT2D eigenvalue weighted by Gasteiger charge is 2.29. The maximum Gasteiger partial charge on any atom is 0.223 e. The van der Waals surface area contributed by atoms with Crippen molar-refractivity contribution in [3.05, 3.63) is 0 Å². The van der Waals surface area contributed by atoms with E-state index in [0.29, 0.717) is 12.3 Å². The molecule has 80 valence electrons. The largest absolute Gasteiger partial charge is 0.341 e. The molecule has 0 spiro atoms. The predicted octanol–water partition coefficient (Wildman–Crippen LogP) is 2.10. The van der Waals surface area contributed by atoms with Crippen LogP contribution in [0.1, 0.15) is 38.5 Å². The summed E-state index contributed by atoms with van der Waals surface area (Å²) in [6, 6.07) is 0. The molecule has 3 heteroatoms. The van der Waals surface area contributed by atoms with Crippen LogP contribution in [0, 0.1) is 5.92 Å². The Balaban J connectivity index is 1.81. The predicted molar refractivity (Wildman–Crippen MR) is 60.5 cm³/mol. The fraction of sp³-hybridized carbons (Fsp3) is 0.909. The number of likely N-dealkylation sites (tertiary alicyclic amines) is 1. The summed E-state index contributed by atoms with van der Waals surface area (Å²) in [5, 5.41) is 0.283. The van der Waals surface area contributed by atoms with Gasteiger partial charge in [0.25, 0.3) is 0 Å². The average Bonchev–Trinajstić information content (AvgIpc) is 2.47. The van der Waals surface area contributed by atoms with Gasteiger partial charge in [-0.2, -0.15) is 12.6 Å². The number of rotatable bonds is 2. The van der Waals surface area contributed by atoms with Gasteiger partial charge in [-0.15, -0.1) is 0 Å². The zero-order valence-corrected chi connectivity index (χ0v) is 9.51. The lowest BCUT2D eigenvalue weighted by atomic mass is 9.89. The maximum absolute atomic E-state index is 11.5. The third-order valence-electron chi connectivity index (χ3n) is 3.40. The van der Waals surface area contributed by atoms with Gasteiger partial charge in [-0.05, 0) is 18.8 Å². The minimum absolute atomic E-state index is 0.283. The molecule has 1 amide bonds. The lowest BCUT2D eigenvalue weighted by Crippen LogP contribution is -2.31. The molecule has 0 bridgehead atoms. The zero-order valence-electron chi connectivity index (χ0n) is 8.61. The van der Waals surface area contributed by atoms with E-state index in [9.17, 15) is 4.79 Å². The van der Waals surface area contributed by atoms with E-state index in [1.807, 2.05) is 4.90 Å². The van der Waals surface area contributed by atoms with Crippen LogP contribution in [-0.2, 0) is 4.79 Å². The number of thiol groups is 1. The lowest BCUT2D eigenvalue weighted by Gasteiger charge is -2.26. The van der Waals surface area contributed by atoms with Gasteiger partial charge in [-0.3, -0.25) is 4.79 Å². The van der Waals surface area contributed by atoms with Gasteiger partial charge in [0.2, 0.25) is 5.91 Å². The molecule has 1 unspecified atom stereocenters. The summed E-state index contributed by atoms with van der Waals surface area (Å²) in [4.78, 5) is 13.6. The molecule has 2 aliphatic rings. The van der Waals surface area contributed by atoms with E-state index in [2.05, 4.69) is 12.6 Å². The number of hydrogen-bond donors (Lipinski definition) is 1. The molecule has 0 N–H and O–H groups in total. The van der Waals surface area contributed by atoms with Crippen LogP contribution in [0.3, 0.4) is 0 Å². The number of carbonyl (C=O) groups excluding carboxylic acids is 1. The van der Waals surface area contributed by atoms with Crippen molar-refractivity contribution < 1.29 is 4.79 Å². The van der Waals surface area contributed by atoms with Gasteiger partial charge in [0, 0.05) is 24.8 Å². The minimum atomic E-state index is 0.283. The van der Waals surface area contributed by atoms with Crippen molar-refractivity contribution in [3.63, 3.8) is 0 Å². The normalized spacial score (nSPS) is 29.9. The molecule has 0 aromatic carbocycles. The molecule has 1 aliphatic carbocycles. The molecule has 1 saturated carbocycles. The molecule has 1 heterocycles. The van der Waals surface area contributed by atoms with Gasteiger partial charge in [0.05, 0.1) is 0 Å². The summed E-state index contributed by atoms with van der Waals surface area (Å²) < 4.78 is 0.